The molecule has 1 aliphatic heterocycles. The van der Waals surface area contributed by atoms with Crippen LogP contribution in [0.1, 0.15) is 6.42 Å². The van der Waals surface area contributed by atoms with Crippen molar-refractivity contribution in [1.82, 2.24) is 4.98 Å². The first-order valence-corrected chi connectivity index (χ1v) is 5.39. The van der Waals surface area contributed by atoms with Gasteiger partial charge in [-0.1, -0.05) is 0 Å². The summed E-state index contributed by atoms with van der Waals surface area (Å²) in [6, 6.07) is 2.03. The van der Waals surface area contributed by atoms with E-state index in [2.05, 4.69) is 25.8 Å². The number of carbonyl (C=O) groups is 1. The molecular formula is C10H11BrN2O. The van der Waals surface area contributed by atoms with Crippen molar-refractivity contribution in [2.24, 2.45) is 5.92 Å². The van der Waals surface area contributed by atoms with Gasteiger partial charge < -0.3 is 9.69 Å². The molecule has 2 rings (SSSR count). The predicted molar refractivity (Wildman–Crippen MR) is 58.3 cm³/mol. The molecular weight excluding hydrogens is 244 g/mol. The molecule has 74 valence electrons. The molecule has 0 aromatic carbocycles. The molecule has 0 amide bonds. The van der Waals surface area contributed by atoms with Crippen molar-refractivity contribution in [2.75, 3.05) is 18.0 Å². The Kier molecular flexibility index (Phi) is 2.82. The molecule has 0 saturated carbocycles. The number of aldehydes is 1. The standard InChI is InChI=1S/C10H11BrN2O/c11-9-3-10(5-12-4-9)13-2-1-8(6-13)7-14/h3-5,7-8H,1-2,6H2. The number of rotatable bonds is 2. The van der Waals surface area contributed by atoms with Crippen molar-refractivity contribution >= 4 is 27.9 Å². The maximum atomic E-state index is 10.6. The number of pyridine rings is 1. The van der Waals surface area contributed by atoms with Gasteiger partial charge >= 0.3 is 0 Å². The Morgan fingerprint density at radius 3 is 3.07 bits per heavy atom. The van der Waals surface area contributed by atoms with Gasteiger partial charge in [-0.2, -0.15) is 0 Å². The summed E-state index contributed by atoms with van der Waals surface area (Å²) >= 11 is 3.38. The Balaban J connectivity index is 2.13. The van der Waals surface area contributed by atoms with Gasteiger partial charge in [0.1, 0.15) is 6.29 Å². The number of hydrogen-bond donors (Lipinski definition) is 0. The summed E-state index contributed by atoms with van der Waals surface area (Å²) in [6.45, 7) is 1.77. The van der Waals surface area contributed by atoms with Gasteiger partial charge in [-0.25, -0.2) is 0 Å². The van der Waals surface area contributed by atoms with Crippen LogP contribution in [0.2, 0.25) is 0 Å². The third-order valence-electron chi connectivity index (χ3n) is 2.47. The summed E-state index contributed by atoms with van der Waals surface area (Å²) in [4.78, 5) is 16.9. The molecule has 1 atom stereocenters. The highest BCUT2D eigenvalue weighted by molar-refractivity contribution is 9.10. The molecule has 14 heavy (non-hydrogen) atoms. The summed E-state index contributed by atoms with van der Waals surface area (Å²) in [5.41, 5.74) is 1.09. The zero-order valence-corrected chi connectivity index (χ0v) is 9.27. The third-order valence-corrected chi connectivity index (χ3v) is 2.91. The summed E-state index contributed by atoms with van der Waals surface area (Å²) in [6.07, 6.45) is 5.59. The van der Waals surface area contributed by atoms with Crippen LogP contribution in [0, 0.1) is 5.92 Å². The van der Waals surface area contributed by atoms with Crippen molar-refractivity contribution in [3.05, 3.63) is 22.9 Å². The number of anilines is 1. The quantitative estimate of drug-likeness (QED) is 0.756. The minimum absolute atomic E-state index is 0.189. The minimum Gasteiger partial charge on any atom is -0.370 e. The van der Waals surface area contributed by atoms with Crippen molar-refractivity contribution < 1.29 is 4.79 Å². The Morgan fingerprint density at radius 2 is 2.43 bits per heavy atom. The molecule has 1 saturated heterocycles. The largest absolute Gasteiger partial charge is 0.370 e. The van der Waals surface area contributed by atoms with E-state index >= 15 is 0 Å². The number of nitrogens with zero attached hydrogens (tertiary/aromatic N) is 2. The Labute approximate surface area is 91.3 Å². The average Bonchev–Trinajstić information content (AvgIpc) is 2.66. The van der Waals surface area contributed by atoms with Gasteiger partial charge in [-0.15, -0.1) is 0 Å². The highest BCUT2D eigenvalue weighted by atomic mass is 79.9. The molecule has 1 fully saturated rings. The first-order valence-electron chi connectivity index (χ1n) is 4.60. The lowest BCUT2D eigenvalue weighted by Gasteiger charge is -2.17. The van der Waals surface area contributed by atoms with Crippen LogP contribution in [-0.4, -0.2) is 24.4 Å². The van der Waals surface area contributed by atoms with Crippen molar-refractivity contribution in [3.63, 3.8) is 0 Å². The van der Waals surface area contributed by atoms with E-state index in [4.69, 9.17) is 0 Å². The van der Waals surface area contributed by atoms with E-state index in [1.165, 1.54) is 0 Å². The zero-order chi connectivity index (χ0) is 9.97. The van der Waals surface area contributed by atoms with Crippen LogP contribution in [-0.2, 0) is 4.79 Å². The van der Waals surface area contributed by atoms with Crippen LogP contribution in [0.4, 0.5) is 5.69 Å². The molecule has 0 aliphatic carbocycles. The lowest BCUT2D eigenvalue weighted by Crippen LogP contribution is -2.19. The second-order valence-electron chi connectivity index (χ2n) is 3.49. The van der Waals surface area contributed by atoms with Gasteiger partial charge in [0.2, 0.25) is 0 Å². The second-order valence-corrected chi connectivity index (χ2v) is 4.41. The van der Waals surface area contributed by atoms with Crippen LogP contribution in [0.3, 0.4) is 0 Å². The van der Waals surface area contributed by atoms with Crippen molar-refractivity contribution in [3.8, 4) is 0 Å². The average molecular weight is 255 g/mol. The van der Waals surface area contributed by atoms with Gasteiger partial charge in [0, 0.05) is 29.7 Å². The number of carbonyl (C=O) groups excluding carboxylic acids is 1. The van der Waals surface area contributed by atoms with Crippen molar-refractivity contribution in [2.45, 2.75) is 6.42 Å². The second kappa shape index (κ2) is 4.09. The van der Waals surface area contributed by atoms with Crippen LogP contribution >= 0.6 is 15.9 Å². The Hall–Kier alpha value is -0.900. The molecule has 1 aromatic heterocycles. The Morgan fingerprint density at radius 1 is 1.57 bits per heavy atom. The zero-order valence-electron chi connectivity index (χ0n) is 7.69. The van der Waals surface area contributed by atoms with Gasteiger partial charge in [0.25, 0.3) is 0 Å². The molecule has 3 nitrogen and oxygen atoms in total. The molecule has 1 unspecified atom stereocenters. The molecule has 1 aliphatic rings. The third kappa shape index (κ3) is 1.95. The van der Waals surface area contributed by atoms with Gasteiger partial charge in [0.05, 0.1) is 11.9 Å². The predicted octanol–water partition coefficient (Wildman–Crippen LogP) is 1.87. The first-order chi connectivity index (χ1) is 6.79. The van der Waals surface area contributed by atoms with E-state index in [0.717, 1.165) is 36.0 Å². The minimum atomic E-state index is 0.189. The summed E-state index contributed by atoms with van der Waals surface area (Å²) in [5.74, 6) is 0.189. The summed E-state index contributed by atoms with van der Waals surface area (Å²) in [5, 5.41) is 0. The van der Waals surface area contributed by atoms with E-state index in [1.807, 2.05) is 12.3 Å². The number of halogens is 1. The van der Waals surface area contributed by atoms with Gasteiger partial charge in [-0.3, -0.25) is 4.98 Å². The number of aromatic nitrogens is 1. The summed E-state index contributed by atoms with van der Waals surface area (Å²) < 4.78 is 0.976. The number of hydrogen-bond acceptors (Lipinski definition) is 3. The highest BCUT2D eigenvalue weighted by Crippen LogP contribution is 2.24. The lowest BCUT2D eigenvalue weighted by atomic mass is 10.1. The van der Waals surface area contributed by atoms with E-state index in [-0.39, 0.29) is 5.92 Å². The van der Waals surface area contributed by atoms with E-state index in [0.29, 0.717) is 0 Å². The lowest BCUT2D eigenvalue weighted by molar-refractivity contribution is -0.110. The van der Waals surface area contributed by atoms with Crippen LogP contribution < -0.4 is 4.90 Å². The van der Waals surface area contributed by atoms with E-state index < -0.39 is 0 Å². The molecule has 0 spiro atoms. The molecule has 4 heteroatoms. The molecule has 0 radical (unpaired) electrons. The van der Waals surface area contributed by atoms with Crippen molar-refractivity contribution in [1.29, 1.82) is 0 Å². The summed E-state index contributed by atoms with van der Waals surface area (Å²) in [7, 11) is 0. The molecule has 0 N–H and O–H groups in total. The Bertz CT molecular complexity index is 343. The highest BCUT2D eigenvalue weighted by Gasteiger charge is 2.22. The van der Waals surface area contributed by atoms with Crippen LogP contribution in [0.5, 0.6) is 0 Å². The fraction of sp³-hybridized carbons (Fsp3) is 0.400. The van der Waals surface area contributed by atoms with Gasteiger partial charge in [0.15, 0.2) is 0 Å². The van der Waals surface area contributed by atoms with Crippen LogP contribution in [0.25, 0.3) is 0 Å². The maximum absolute atomic E-state index is 10.6. The molecule has 1 aromatic rings. The fourth-order valence-electron chi connectivity index (χ4n) is 1.71. The molecule has 2 heterocycles. The van der Waals surface area contributed by atoms with E-state index in [1.54, 1.807) is 6.20 Å². The fourth-order valence-corrected chi connectivity index (χ4v) is 2.06. The monoisotopic (exact) mass is 254 g/mol. The maximum Gasteiger partial charge on any atom is 0.124 e. The van der Waals surface area contributed by atoms with E-state index in [9.17, 15) is 4.79 Å². The van der Waals surface area contributed by atoms with Crippen LogP contribution in [0.15, 0.2) is 22.9 Å². The topological polar surface area (TPSA) is 33.2 Å². The first kappa shape index (κ1) is 9.65. The smallest absolute Gasteiger partial charge is 0.124 e. The SMILES string of the molecule is O=CC1CCN(c2cncc(Br)c2)C1. The molecule has 0 bridgehead atoms. The normalized spacial score (nSPS) is 21.2. The van der Waals surface area contributed by atoms with Gasteiger partial charge in [-0.05, 0) is 28.4 Å².